The van der Waals surface area contributed by atoms with E-state index in [1.807, 2.05) is 97.1 Å². The minimum atomic E-state index is 0.0577. The van der Waals surface area contributed by atoms with Crippen LogP contribution in [0.1, 0.15) is 11.1 Å². The lowest BCUT2D eigenvalue weighted by Crippen LogP contribution is -2.13. The lowest BCUT2D eigenvalue weighted by Gasteiger charge is -2.20. The molecule has 0 fully saturated rings. The van der Waals surface area contributed by atoms with E-state index < -0.39 is 0 Å². The summed E-state index contributed by atoms with van der Waals surface area (Å²) in [6, 6.07) is 44.3. The third-order valence-electron chi connectivity index (χ3n) is 11.0. The summed E-state index contributed by atoms with van der Waals surface area (Å²) < 4.78 is 37.4. The highest BCUT2D eigenvalue weighted by molar-refractivity contribution is 6.09. The molecule has 0 unspecified atom stereocenters. The zero-order chi connectivity index (χ0) is 40.8. The summed E-state index contributed by atoms with van der Waals surface area (Å²) in [6.07, 6.45) is 0.727. The predicted octanol–water partition coefficient (Wildman–Crippen LogP) is 11.0. The second-order valence-electron chi connectivity index (χ2n) is 14.9. The second kappa shape index (κ2) is 17.6. The molecule has 302 valence electrons. The molecule has 1 aliphatic heterocycles. The van der Waals surface area contributed by atoms with Gasteiger partial charge in [0.25, 0.3) is 0 Å². The summed E-state index contributed by atoms with van der Waals surface area (Å²) in [5, 5.41) is 31.2. The van der Waals surface area contributed by atoms with Gasteiger partial charge >= 0.3 is 0 Å². The van der Waals surface area contributed by atoms with Gasteiger partial charge in [-0.25, -0.2) is 0 Å². The first-order valence-electron chi connectivity index (χ1n) is 20.4. The Balaban J connectivity index is 1.04. The summed E-state index contributed by atoms with van der Waals surface area (Å²) in [6.45, 7) is 6.71. The van der Waals surface area contributed by atoms with Gasteiger partial charge < -0.3 is 38.6 Å². The van der Waals surface area contributed by atoms with E-state index in [9.17, 15) is 10.2 Å². The van der Waals surface area contributed by atoms with Gasteiger partial charge in [0, 0.05) is 22.3 Å². The van der Waals surface area contributed by atoms with Gasteiger partial charge in [-0.15, -0.1) is 0 Å². The van der Waals surface area contributed by atoms with E-state index in [0.717, 1.165) is 71.3 Å². The van der Waals surface area contributed by atoms with Gasteiger partial charge in [-0.2, -0.15) is 0 Å². The first kappa shape index (κ1) is 38.8. The molecule has 60 heavy (non-hydrogen) atoms. The smallest absolute Gasteiger partial charge is 0.161 e. The largest absolute Gasteiger partial charge is 0.504 e. The molecule has 0 spiro atoms. The van der Waals surface area contributed by atoms with E-state index in [-0.39, 0.29) is 37.9 Å². The van der Waals surface area contributed by atoms with Gasteiger partial charge in [0.2, 0.25) is 0 Å². The van der Waals surface area contributed by atoms with E-state index >= 15 is 0 Å². The molecule has 8 nitrogen and oxygen atoms in total. The molecule has 0 saturated carbocycles. The summed E-state index contributed by atoms with van der Waals surface area (Å²) >= 11 is 0. The topological polar surface area (TPSA) is 95.8 Å². The van der Waals surface area contributed by atoms with Gasteiger partial charge in [-0.3, -0.25) is 0 Å². The van der Waals surface area contributed by atoms with E-state index in [1.54, 1.807) is 0 Å². The molecule has 2 N–H and O–H groups in total. The third kappa shape index (κ3) is 8.00. The maximum atomic E-state index is 11.6. The molecule has 0 amide bonds. The molecule has 0 radical (unpaired) electrons. The van der Waals surface area contributed by atoms with Crippen molar-refractivity contribution < 1.29 is 38.6 Å². The van der Waals surface area contributed by atoms with E-state index in [0.29, 0.717) is 61.9 Å². The first-order valence-corrected chi connectivity index (χ1v) is 20.4. The predicted molar refractivity (Wildman–Crippen MR) is 238 cm³/mol. The minimum Gasteiger partial charge on any atom is -0.504 e. The zero-order valence-corrected chi connectivity index (χ0v) is 33.3. The number of aromatic hydroxyl groups is 2. The van der Waals surface area contributed by atoms with Crippen LogP contribution in [0.2, 0.25) is 0 Å². The fourth-order valence-corrected chi connectivity index (χ4v) is 8.21. The molecule has 0 saturated heterocycles. The molecule has 8 aromatic rings. The molecule has 9 rings (SSSR count). The molecule has 8 aromatic carbocycles. The Morgan fingerprint density at radius 1 is 0.367 bits per heavy atom. The fraction of sp³-hybridized carbons (Fsp3) is 0.192. The number of phenolic OH excluding ortho intramolecular Hbond substituents is 2. The summed E-state index contributed by atoms with van der Waals surface area (Å²) in [5.41, 5.74) is 4.10. The van der Waals surface area contributed by atoms with Crippen molar-refractivity contribution in [2.24, 2.45) is 0 Å². The Labute approximate surface area is 348 Å². The molecule has 1 heterocycles. The molecule has 0 aromatic heterocycles. The van der Waals surface area contributed by atoms with Crippen molar-refractivity contribution >= 4 is 43.1 Å². The van der Waals surface area contributed by atoms with Crippen molar-refractivity contribution in [3.63, 3.8) is 0 Å². The van der Waals surface area contributed by atoms with E-state index in [4.69, 9.17) is 28.4 Å². The van der Waals surface area contributed by atoms with Gasteiger partial charge in [-0.1, -0.05) is 121 Å². The van der Waals surface area contributed by atoms with E-state index in [1.165, 1.54) is 0 Å². The van der Waals surface area contributed by atoms with Crippen molar-refractivity contribution in [3.8, 4) is 45.6 Å². The van der Waals surface area contributed by atoms with Crippen LogP contribution in [0.15, 0.2) is 146 Å². The van der Waals surface area contributed by atoms with Gasteiger partial charge in [-0.05, 0) is 80.2 Å². The standard InChI is InChI=1S/C52H46O8/c1-34-30-43-39-14-6-4-12-37(39)32-47(51(43)53)59-28-24-55-22-26-57-45-20-18-35-10-2-8-16-41(35)49(45)50-42-17-9-3-11-36(42)19-21-46(50)58-27-23-56-25-29-60-48-33-38-13-5-7-15-40(38)44(31-34)52(48)54/h2-21,32-33,53-54H,1,22-31H2. The Morgan fingerprint density at radius 2 is 0.717 bits per heavy atom. The number of phenols is 2. The highest BCUT2D eigenvalue weighted by Crippen LogP contribution is 2.46. The maximum Gasteiger partial charge on any atom is 0.161 e. The average Bonchev–Trinajstić information content (AvgIpc) is 3.27. The molecular weight excluding hydrogens is 753 g/mol. The quantitative estimate of drug-likeness (QED) is 0.146. The minimum absolute atomic E-state index is 0.0577. The van der Waals surface area contributed by atoms with Crippen LogP contribution in [0.5, 0.6) is 34.5 Å². The lowest BCUT2D eigenvalue weighted by atomic mass is 9.92. The Kier molecular flexibility index (Phi) is 11.4. The number of rotatable bonds is 0. The van der Waals surface area contributed by atoms with Crippen LogP contribution < -0.4 is 18.9 Å². The van der Waals surface area contributed by atoms with Crippen LogP contribution >= 0.6 is 0 Å². The van der Waals surface area contributed by atoms with Crippen LogP contribution in [0.3, 0.4) is 0 Å². The van der Waals surface area contributed by atoms with Gasteiger partial charge in [0.05, 0.1) is 26.4 Å². The third-order valence-corrected chi connectivity index (χ3v) is 11.0. The first-order chi connectivity index (χ1) is 29.5. The fourth-order valence-electron chi connectivity index (χ4n) is 8.21. The van der Waals surface area contributed by atoms with E-state index in [2.05, 4.69) is 43.0 Å². The maximum absolute atomic E-state index is 11.6. The molecule has 0 aliphatic carbocycles. The average molecular weight is 799 g/mol. The van der Waals surface area contributed by atoms with Crippen LogP contribution in [-0.2, 0) is 22.3 Å². The summed E-state index contributed by atoms with van der Waals surface area (Å²) in [5.74, 6) is 2.29. The monoisotopic (exact) mass is 798 g/mol. The number of fused-ring (bicyclic) bond motifs is 15. The Morgan fingerprint density at radius 3 is 1.13 bits per heavy atom. The number of hydrogen-bond donors (Lipinski definition) is 2. The highest BCUT2D eigenvalue weighted by atomic mass is 16.6. The van der Waals surface area contributed by atoms with Crippen LogP contribution in [0, 0.1) is 0 Å². The number of hydrogen-bond acceptors (Lipinski definition) is 8. The van der Waals surface area contributed by atoms with Gasteiger partial charge in [0.1, 0.15) is 37.9 Å². The van der Waals surface area contributed by atoms with Crippen molar-refractivity contribution in [1.82, 2.24) is 0 Å². The Bertz CT molecular complexity index is 2650. The SMILES string of the molecule is C=C1Cc2c(O)c(cc3ccccc23)OCCOCCOc2ccc3ccccc3c2-c2c(ccc3ccccc23)OCCOCCOc2cc3ccccc3c(c2O)C1. The normalized spacial score (nSPS) is 14.9. The molecule has 1 aliphatic rings. The molecule has 4 bridgehead atoms. The van der Waals surface area contributed by atoms with Crippen molar-refractivity contribution in [3.05, 3.63) is 157 Å². The van der Waals surface area contributed by atoms with Crippen LogP contribution in [0.25, 0.3) is 54.2 Å². The summed E-state index contributed by atoms with van der Waals surface area (Å²) in [4.78, 5) is 0. The molecule has 0 atom stereocenters. The molecular formula is C52H46O8. The van der Waals surface area contributed by atoms with Crippen LogP contribution in [-0.4, -0.2) is 63.1 Å². The molecule has 8 heteroatoms. The van der Waals surface area contributed by atoms with Crippen molar-refractivity contribution in [2.75, 3.05) is 52.9 Å². The zero-order valence-electron chi connectivity index (χ0n) is 33.3. The lowest BCUT2D eigenvalue weighted by molar-refractivity contribution is 0.0755. The second-order valence-corrected chi connectivity index (χ2v) is 14.9. The summed E-state index contributed by atoms with van der Waals surface area (Å²) in [7, 11) is 0. The van der Waals surface area contributed by atoms with Crippen molar-refractivity contribution in [1.29, 1.82) is 0 Å². The van der Waals surface area contributed by atoms with Crippen molar-refractivity contribution in [2.45, 2.75) is 12.8 Å². The number of allylic oxidation sites excluding steroid dienone is 1. The number of benzene rings is 8. The van der Waals surface area contributed by atoms with Gasteiger partial charge in [0.15, 0.2) is 23.0 Å². The number of ether oxygens (including phenoxy) is 6. The highest BCUT2D eigenvalue weighted by Gasteiger charge is 2.21. The van der Waals surface area contributed by atoms with Crippen LogP contribution in [0.4, 0.5) is 0 Å². The Hall–Kier alpha value is -6.74.